The third kappa shape index (κ3) is 7.99. The number of amides is 1. The molecule has 2 fully saturated rings. The van der Waals surface area contributed by atoms with Gasteiger partial charge in [-0.1, -0.05) is 44.2 Å². The summed E-state index contributed by atoms with van der Waals surface area (Å²) in [5.74, 6) is 1.07. The Morgan fingerprint density at radius 1 is 1.15 bits per heavy atom. The molecule has 1 aliphatic heterocycles. The third-order valence-electron chi connectivity index (χ3n) is 8.01. The molecule has 2 aliphatic rings. The number of Topliss-reactive ketones (excluding diaryl/α,β-unsaturated/α-hetero) is 1. The quantitative estimate of drug-likeness (QED) is 0.264. The van der Waals surface area contributed by atoms with Crippen molar-refractivity contribution in [2.45, 2.75) is 70.3 Å². The van der Waals surface area contributed by atoms with Gasteiger partial charge in [-0.15, -0.1) is 0 Å². The number of aromatic nitrogens is 3. The van der Waals surface area contributed by atoms with Gasteiger partial charge in [0.15, 0.2) is 0 Å². The van der Waals surface area contributed by atoms with Gasteiger partial charge < -0.3 is 10.4 Å². The monoisotopic (exact) mass is 555 g/mol. The van der Waals surface area contributed by atoms with Crippen LogP contribution in [0.2, 0.25) is 0 Å². The minimum atomic E-state index is -0.279. The Hall–Kier alpha value is -3.62. The van der Waals surface area contributed by atoms with Crippen LogP contribution in [0.4, 0.5) is 5.82 Å². The molecule has 1 saturated heterocycles. The number of hydrogen-bond acceptors (Lipinski definition) is 6. The van der Waals surface area contributed by atoms with E-state index in [2.05, 4.69) is 51.4 Å². The zero-order valence-corrected chi connectivity index (χ0v) is 24.1. The van der Waals surface area contributed by atoms with Gasteiger partial charge in [-0.05, 0) is 73.9 Å². The molecule has 1 aliphatic carbocycles. The normalized spacial score (nSPS) is 18.6. The van der Waals surface area contributed by atoms with E-state index in [0.717, 1.165) is 47.5 Å². The Bertz CT molecular complexity index is 1360. The smallest absolute Gasteiger partial charge is 0.249 e. The molecule has 2 aromatic heterocycles. The van der Waals surface area contributed by atoms with Gasteiger partial charge in [0.1, 0.15) is 11.6 Å². The highest BCUT2D eigenvalue weighted by atomic mass is 16.3. The fourth-order valence-corrected chi connectivity index (χ4v) is 5.68. The summed E-state index contributed by atoms with van der Waals surface area (Å²) in [5.41, 5.74) is 5.08. The lowest BCUT2D eigenvalue weighted by Crippen LogP contribution is -2.38. The number of aliphatic hydroxyl groups is 1. The molecule has 1 amide bonds. The predicted molar refractivity (Wildman–Crippen MR) is 161 cm³/mol. The minimum Gasteiger partial charge on any atom is -0.392 e. The molecule has 8 heteroatoms. The number of ketones is 1. The molecule has 0 spiro atoms. The van der Waals surface area contributed by atoms with Gasteiger partial charge in [0.2, 0.25) is 5.91 Å². The zero-order chi connectivity index (χ0) is 28.8. The number of rotatable bonds is 12. The first-order chi connectivity index (χ1) is 19.9. The molecule has 0 radical (unpaired) electrons. The first kappa shape index (κ1) is 28.9. The van der Waals surface area contributed by atoms with E-state index in [-0.39, 0.29) is 29.6 Å². The van der Waals surface area contributed by atoms with Crippen molar-refractivity contribution in [1.82, 2.24) is 20.1 Å². The van der Waals surface area contributed by atoms with Gasteiger partial charge in [0, 0.05) is 54.9 Å². The molecular formula is C33H41N5O3. The van der Waals surface area contributed by atoms with Gasteiger partial charge >= 0.3 is 0 Å². The number of aliphatic hydroxyl groups excluding tert-OH is 1. The molecule has 1 aromatic carbocycles. The van der Waals surface area contributed by atoms with E-state index in [1.807, 2.05) is 30.3 Å². The van der Waals surface area contributed by atoms with Gasteiger partial charge in [-0.2, -0.15) is 5.10 Å². The van der Waals surface area contributed by atoms with Gasteiger partial charge in [0.25, 0.3) is 0 Å². The number of aryl methyl sites for hydroxylation is 1. The molecule has 2 atom stereocenters. The van der Waals surface area contributed by atoms with Crippen molar-refractivity contribution in [3.05, 3.63) is 77.8 Å². The molecule has 3 aromatic rings. The number of β-amino-alcohol motifs (C(OH)–C–C–N with tert-alkyl or cyclic N) is 1. The molecule has 3 heterocycles. The van der Waals surface area contributed by atoms with Crippen LogP contribution in [0, 0.1) is 5.92 Å². The number of nitrogens with zero attached hydrogens (tertiary/aromatic N) is 3. The summed E-state index contributed by atoms with van der Waals surface area (Å²) in [5, 5.41) is 20.1. The Balaban J connectivity index is 1.17. The van der Waals surface area contributed by atoms with Crippen LogP contribution in [-0.2, 0) is 16.0 Å². The summed E-state index contributed by atoms with van der Waals surface area (Å²) in [4.78, 5) is 32.3. The van der Waals surface area contributed by atoms with Crippen molar-refractivity contribution >= 4 is 17.5 Å². The lowest BCUT2D eigenvalue weighted by Gasteiger charge is -2.28. The highest BCUT2D eigenvalue weighted by Crippen LogP contribution is 2.39. The zero-order valence-electron chi connectivity index (χ0n) is 24.1. The molecule has 2 unspecified atom stereocenters. The van der Waals surface area contributed by atoms with Crippen LogP contribution in [0.5, 0.6) is 0 Å². The second-order valence-electron chi connectivity index (χ2n) is 11.8. The van der Waals surface area contributed by atoms with Gasteiger partial charge in [-0.25, -0.2) is 4.98 Å². The Labute approximate surface area is 242 Å². The van der Waals surface area contributed by atoms with Crippen molar-refractivity contribution in [2.75, 3.05) is 25.0 Å². The number of anilines is 1. The Morgan fingerprint density at radius 3 is 2.73 bits per heavy atom. The first-order valence-corrected chi connectivity index (χ1v) is 14.9. The van der Waals surface area contributed by atoms with E-state index in [1.165, 1.54) is 18.9 Å². The average Bonchev–Trinajstić information content (AvgIpc) is 3.70. The maximum Gasteiger partial charge on any atom is 0.249 e. The number of piperidine rings is 1. The van der Waals surface area contributed by atoms with E-state index in [4.69, 9.17) is 0 Å². The van der Waals surface area contributed by atoms with Crippen LogP contribution in [0.3, 0.4) is 0 Å². The number of H-pyrrole nitrogens is 1. The average molecular weight is 556 g/mol. The molecule has 3 N–H and O–H groups in total. The highest BCUT2D eigenvalue weighted by molar-refractivity contribution is 5.98. The molecule has 1 saturated carbocycles. The SMILES string of the molecule is CC(C)C(C(=O)CCc1cc(C2CC2)n[nH]1)c1cccc(-c2ccc(NC(=O)/C=C/CN3CCCC(O)C3)nc2)c1. The fraction of sp³-hybridized carbons (Fsp3) is 0.455. The number of pyridine rings is 1. The summed E-state index contributed by atoms with van der Waals surface area (Å²) >= 11 is 0. The molecular weight excluding hydrogens is 514 g/mol. The number of nitrogens with one attached hydrogen (secondary N) is 2. The summed E-state index contributed by atoms with van der Waals surface area (Å²) in [6, 6.07) is 14.0. The van der Waals surface area contributed by atoms with Crippen LogP contribution in [-0.4, -0.2) is 62.6 Å². The van der Waals surface area contributed by atoms with Crippen molar-refractivity contribution in [3.8, 4) is 11.1 Å². The molecule has 41 heavy (non-hydrogen) atoms. The van der Waals surface area contributed by atoms with E-state index < -0.39 is 0 Å². The number of benzene rings is 1. The summed E-state index contributed by atoms with van der Waals surface area (Å²) < 4.78 is 0. The fourth-order valence-electron chi connectivity index (χ4n) is 5.68. The molecule has 216 valence electrons. The number of carbonyl (C=O) groups excluding carboxylic acids is 2. The van der Waals surface area contributed by atoms with Crippen molar-refractivity contribution in [1.29, 1.82) is 0 Å². The maximum atomic E-state index is 13.4. The Morgan fingerprint density at radius 2 is 2.00 bits per heavy atom. The van der Waals surface area contributed by atoms with Gasteiger partial charge in [-0.3, -0.25) is 19.6 Å². The van der Waals surface area contributed by atoms with Crippen LogP contribution in [0.25, 0.3) is 11.1 Å². The second-order valence-corrected chi connectivity index (χ2v) is 11.8. The van der Waals surface area contributed by atoms with Crippen molar-refractivity contribution in [3.63, 3.8) is 0 Å². The van der Waals surface area contributed by atoms with Gasteiger partial charge in [0.05, 0.1) is 11.8 Å². The Kier molecular flexibility index (Phi) is 9.42. The highest BCUT2D eigenvalue weighted by Gasteiger charge is 2.27. The number of likely N-dealkylation sites (tertiary alicyclic amines) is 1. The van der Waals surface area contributed by atoms with E-state index in [0.29, 0.717) is 37.7 Å². The maximum absolute atomic E-state index is 13.4. The predicted octanol–water partition coefficient (Wildman–Crippen LogP) is 5.24. The lowest BCUT2D eigenvalue weighted by atomic mass is 9.82. The topological polar surface area (TPSA) is 111 Å². The van der Waals surface area contributed by atoms with Crippen LogP contribution in [0.15, 0.2) is 60.8 Å². The van der Waals surface area contributed by atoms with E-state index >= 15 is 0 Å². The summed E-state index contributed by atoms with van der Waals surface area (Å²) in [6.45, 7) is 6.41. The van der Waals surface area contributed by atoms with E-state index in [9.17, 15) is 14.7 Å². The lowest BCUT2D eigenvalue weighted by molar-refractivity contribution is -0.121. The van der Waals surface area contributed by atoms with Crippen LogP contribution in [0.1, 0.15) is 74.7 Å². The summed E-state index contributed by atoms with van der Waals surface area (Å²) in [6.07, 6.45) is 10.2. The number of hydrogen-bond donors (Lipinski definition) is 3. The largest absolute Gasteiger partial charge is 0.392 e. The first-order valence-electron chi connectivity index (χ1n) is 14.9. The number of aromatic amines is 1. The van der Waals surface area contributed by atoms with Crippen LogP contribution >= 0.6 is 0 Å². The molecule has 0 bridgehead atoms. The third-order valence-corrected chi connectivity index (χ3v) is 8.01. The number of carbonyl (C=O) groups is 2. The standard InChI is InChI=1S/C33H41N5O3/c1-22(2)33(30(40)14-13-27-19-29(37-36-27)23-10-11-23)25-7-3-6-24(18-25)26-12-15-31(34-20-26)35-32(41)9-5-17-38-16-4-8-28(39)21-38/h3,5-7,9,12,15,18-20,22-23,28,33,39H,4,8,10-11,13-14,16-17,21H2,1-2H3,(H,36,37)(H,34,35,41)/b9-5+. The van der Waals surface area contributed by atoms with Crippen molar-refractivity contribution in [2.24, 2.45) is 5.92 Å². The van der Waals surface area contributed by atoms with Crippen LogP contribution < -0.4 is 5.32 Å². The second kappa shape index (κ2) is 13.4. The summed E-state index contributed by atoms with van der Waals surface area (Å²) in [7, 11) is 0. The van der Waals surface area contributed by atoms with Crippen molar-refractivity contribution < 1.29 is 14.7 Å². The molecule has 5 rings (SSSR count). The van der Waals surface area contributed by atoms with E-state index in [1.54, 1.807) is 12.3 Å². The molecule has 8 nitrogen and oxygen atoms in total. The minimum absolute atomic E-state index is 0.172.